The van der Waals surface area contributed by atoms with E-state index in [0.29, 0.717) is 12.3 Å². The molecule has 2 aliphatic rings. The van der Waals surface area contributed by atoms with E-state index in [-0.39, 0.29) is 29.9 Å². The van der Waals surface area contributed by atoms with Gasteiger partial charge in [-0.3, -0.25) is 9.69 Å². The molecule has 3 atom stereocenters. The van der Waals surface area contributed by atoms with Crippen LogP contribution in [0.3, 0.4) is 0 Å². The number of fused-ring (bicyclic) bond motifs is 1. The van der Waals surface area contributed by atoms with Crippen LogP contribution in [0, 0.1) is 5.92 Å². The molecule has 28 heavy (non-hydrogen) atoms. The van der Waals surface area contributed by atoms with E-state index in [1.807, 2.05) is 4.90 Å². The molecular formula is C19H20F3N3O3. The number of hydrogen-bond donors (Lipinski definition) is 1. The van der Waals surface area contributed by atoms with Gasteiger partial charge in [0.2, 0.25) is 11.7 Å². The Hall–Kier alpha value is -2.42. The highest BCUT2D eigenvalue weighted by atomic mass is 19.4. The van der Waals surface area contributed by atoms with Crippen LogP contribution in [0.5, 0.6) is 0 Å². The molecule has 1 aromatic carbocycles. The van der Waals surface area contributed by atoms with E-state index < -0.39 is 23.8 Å². The van der Waals surface area contributed by atoms with Crippen LogP contribution < -0.4 is 0 Å². The van der Waals surface area contributed by atoms with Crippen molar-refractivity contribution in [1.29, 1.82) is 0 Å². The lowest BCUT2D eigenvalue weighted by atomic mass is 9.85. The second-order valence-electron chi connectivity index (χ2n) is 7.46. The van der Waals surface area contributed by atoms with Gasteiger partial charge in [-0.25, -0.2) is 0 Å². The van der Waals surface area contributed by atoms with E-state index in [4.69, 9.17) is 4.52 Å². The Morgan fingerprint density at radius 1 is 1.29 bits per heavy atom. The summed E-state index contributed by atoms with van der Waals surface area (Å²) in [4.78, 5) is 17.8. The summed E-state index contributed by atoms with van der Waals surface area (Å²) in [5, 5.41) is 13.4. The highest BCUT2D eigenvalue weighted by molar-refractivity contribution is 5.74. The average Bonchev–Trinajstić information content (AvgIpc) is 3.27. The fourth-order valence-corrected chi connectivity index (χ4v) is 4.45. The molecule has 0 radical (unpaired) electrons. The van der Waals surface area contributed by atoms with Gasteiger partial charge in [-0.2, -0.15) is 18.2 Å². The summed E-state index contributed by atoms with van der Waals surface area (Å²) < 4.78 is 44.0. The molecule has 150 valence electrons. The summed E-state index contributed by atoms with van der Waals surface area (Å²) in [5.41, 5.74) is -0.580. The zero-order valence-electron chi connectivity index (χ0n) is 15.0. The number of carbonyl (C=O) groups is 1. The summed E-state index contributed by atoms with van der Waals surface area (Å²) >= 11 is 0. The molecule has 1 saturated heterocycles. The van der Waals surface area contributed by atoms with Gasteiger partial charge in [-0.05, 0) is 37.3 Å². The number of carboxylic acid groups (broad SMARTS) is 1. The number of nitrogens with zero attached hydrogens (tertiary/aromatic N) is 3. The zero-order valence-corrected chi connectivity index (χ0v) is 15.0. The monoisotopic (exact) mass is 395 g/mol. The van der Waals surface area contributed by atoms with Crippen molar-refractivity contribution >= 4 is 5.97 Å². The van der Waals surface area contributed by atoms with E-state index in [1.165, 1.54) is 12.1 Å². The van der Waals surface area contributed by atoms with E-state index in [1.54, 1.807) is 0 Å². The first-order chi connectivity index (χ1) is 13.3. The Morgan fingerprint density at radius 2 is 2.07 bits per heavy atom. The molecule has 1 N–H and O–H groups in total. The Kier molecular flexibility index (Phi) is 4.86. The fourth-order valence-electron chi connectivity index (χ4n) is 4.45. The van der Waals surface area contributed by atoms with E-state index in [2.05, 4.69) is 10.1 Å². The summed E-state index contributed by atoms with van der Waals surface area (Å²) in [5.74, 6) is -0.245. The number of aromatic nitrogens is 2. The molecule has 1 aliphatic heterocycles. The minimum Gasteiger partial charge on any atom is -0.480 e. The third kappa shape index (κ3) is 3.63. The van der Waals surface area contributed by atoms with E-state index in [9.17, 15) is 23.1 Å². The molecule has 2 fully saturated rings. The molecule has 1 aromatic heterocycles. The molecule has 4 rings (SSSR count). The molecule has 0 spiro atoms. The zero-order chi connectivity index (χ0) is 19.9. The van der Waals surface area contributed by atoms with Gasteiger partial charge in [0.05, 0.1) is 12.1 Å². The van der Waals surface area contributed by atoms with Crippen LogP contribution >= 0.6 is 0 Å². The van der Waals surface area contributed by atoms with Gasteiger partial charge in [0.15, 0.2) is 0 Å². The summed E-state index contributed by atoms with van der Waals surface area (Å²) in [6.07, 6.45) is 0.274. The fraction of sp³-hybridized carbons (Fsp3) is 0.526. The third-order valence-corrected chi connectivity index (χ3v) is 5.74. The van der Waals surface area contributed by atoms with Crippen LogP contribution in [0.2, 0.25) is 0 Å². The van der Waals surface area contributed by atoms with Crippen LogP contribution in [0.15, 0.2) is 28.8 Å². The summed E-state index contributed by atoms with van der Waals surface area (Å²) in [6, 6.07) is 4.30. The lowest BCUT2D eigenvalue weighted by Crippen LogP contribution is -2.41. The maximum atomic E-state index is 12.9. The van der Waals surface area contributed by atoms with Crippen molar-refractivity contribution < 1.29 is 27.6 Å². The first-order valence-electron chi connectivity index (χ1n) is 9.31. The van der Waals surface area contributed by atoms with Crippen molar-refractivity contribution in [3.63, 3.8) is 0 Å². The maximum Gasteiger partial charge on any atom is 0.416 e. The average molecular weight is 395 g/mol. The number of benzene rings is 1. The molecule has 2 aromatic rings. The van der Waals surface area contributed by atoms with Crippen molar-refractivity contribution in [1.82, 2.24) is 15.0 Å². The molecule has 9 heteroatoms. The number of aliphatic carboxylic acids is 1. The third-order valence-electron chi connectivity index (χ3n) is 5.74. The molecule has 0 amide bonds. The molecule has 1 aliphatic carbocycles. The van der Waals surface area contributed by atoms with Crippen LogP contribution in [0.1, 0.15) is 43.6 Å². The molecule has 2 heterocycles. The first kappa shape index (κ1) is 18.9. The second-order valence-corrected chi connectivity index (χ2v) is 7.46. The van der Waals surface area contributed by atoms with Crippen LogP contribution in [-0.4, -0.2) is 38.2 Å². The highest BCUT2D eigenvalue weighted by Crippen LogP contribution is 2.40. The van der Waals surface area contributed by atoms with Crippen LogP contribution in [-0.2, 0) is 17.5 Å². The van der Waals surface area contributed by atoms with Crippen molar-refractivity contribution in [3.05, 3.63) is 35.7 Å². The highest BCUT2D eigenvalue weighted by Gasteiger charge is 2.45. The Labute approximate surface area is 159 Å². The molecule has 6 nitrogen and oxygen atoms in total. The normalized spacial score (nSPS) is 25.6. The number of carboxylic acids is 1. The molecule has 0 bridgehead atoms. The standard InChI is InChI=1S/C19H20F3N3O3/c20-19(21,22)13-6-3-5-12(8-13)17-23-16(28-24-17)10-25-14-7-2-1-4-11(14)9-15(25)18(26)27/h3,5-6,8,11,14-15H,1-2,4,7,9-10H2,(H,26,27). The largest absolute Gasteiger partial charge is 0.480 e. The number of halogens is 3. The van der Waals surface area contributed by atoms with Gasteiger partial charge in [0, 0.05) is 11.6 Å². The minimum absolute atomic E-state index is 0.0624. The number of alkyl halides is 3. The molecular weight excluding hydrogens is 375 g/mol. The maximum absolute atomic E-state index is 12.9. The topological polar surface area (TPSA) is 79.5 Å². The van der Waals surface area contributed by atoms with E-state index in [0.717, 1.165) is 37.8 Å². The first-order valence-corrected chi connectivity index (χ1v) is 9.31. The van der Waals surface area contributed by atoms with Gasteiger partial charge in [-0.1, -0.05) is 30.1 Å². The van der Waals surface area contributed by atoms with E-state index >= 15 is 0 Å². The van der Waals surface area contributed by atoms with Gasteiger partial charge < -0.3 is 9.63 Å². The van der Waals surface area contributed by atoms with Crippen molar-refractivity contribution in [2.45, 2.75) is 56.9 Å². The lowest BCUT2D eigenvalue weighted by molar-refractivity contribution is -0.143. The Bertz CT molecular complexity index is 867. The summed E-state index contributed by atoms with van der Waals surface area (Å²) in [6.45, 7) is 0.185. The second kappa shape index (κ2) is 7.20. The Balaban J connectivity index is 1.55. The number of rotatable bonds is 4. The lowest BCUT2D eigenvalue weighted by Gasteiger charge is -2.31. The van der Waals surface area contributed by atoms with Crippen molar-refractivity contribution in [2.24, 2.45) is 5.92 Å². The van der Waals surface area contributed by atoms with Gasteiger partial charge in [0.1, 0.15) is 6.04 Å². The molecule has 1 saturated carbocycles. The predicted molar refractivity (Wildman–Crippen MR) is 92.1 cm³/mol. The summed E-state index contributed by atoms with van der Waals surface area (Å²) in [7, 11) is 0. The van der Waals surface area contributed by atoms with Gasteiger partial charge >= 0.3 is 12.1 Å². The van der Waals surface area contributed by atoms with Crippen LogP contribution in [0.25, 0.3) is 11.4 Å². The quantitative estimate of drug-likeness (QED) is 0.844. The predicted octanol–water partition coefficient (Wildman–Crippen LogP) is 3.97. The smallest absolute Gasteiger partial charge is 0.416 e. The Morgan fingerprint density at radius 3 is 2.82 bits per heavy atom. The van der Waals surface area contributed by atoms with Crippen molar-refractivity contribution in [2.75, 3.05) is 0 Å². The molecule has 3 unspecified atom stereocenters. The van der Waals surface area contributed by atoms with Gasteiger partial charge in [-0.15, -0.1) is 0 Å². The van der Waals surface area contributed by atoms with Crippen LogP contribution in [0.4, 0.5) is 13.2 Å². The number of hydrogen-bond acceptors (Lipinski definition) is 5. The SMILES string of the molecule is O=C(O)C1CC2CCCCC2N1Cc1nc(-c2cccc(C(F)(F)F)c2)no1. The van der Waals surface area contributed by atoms with Gasteiger partial charge in [0.25, 0.3) is 0 Å². The minimum atomic E-state index is -4.46. The number of likely N-dealkylation sites (tertiary alicyclic amines) is 1. The van der Waals surface area contributed by atoms with Crippen molar-refractivity contribution in [3.8, 4) is 11.4 Å².